The first-order valence-corrected chi connectivity index (χ1v) is 4.14. The van der Waals surface area contributed by atoms with Crippen molar-refractivity contribution in [3.63, 3.8) is 0 Å². The lowest BCUT2D eigenvalue weighted by Crippen LogP contribution is -1.82. The first kappa shape index (κ1) is 8.13. The van der Waals surface area contributed by atoms with Crippen molar-refractivity contribution in [2.45, 2.75) is 0 Å². The van der Waals surface area contributed by atoms with Gasteiger partial charge in [0.25, 0.3) is 0 Å². The standard InChI is InChI=1S/C9H7ClN2O/c10-6-2-1-3-7(13)8(6)9-11-4-5-12-9/h1-5,13H,(H,11,12). The molecule has 4 heteroatoms. The van der Waals surface area contributed by atoms with Crippen molar-refractivity contribution in [2.24, 2.45) is 0 Å². The first-order chi connectivity index (χ1) is 6.29. The van der Waals surface area contributed by atoms with Gasteiger partial charge in [-0.25, -0.2) is 4.98 Å². The number of phenols is 1. The molecule has 0 saturated heterocycles. The number of aromatic nitrogens is 2. The van der Waals surface area contributed by atoms with E-state index in [0.717, 1.165) is 0 Å². The second kappa shape index (κ2) is 3.11. The number of nitrogens with one attached hydrogen (secondary N) is 1. The van der Waals surface area contributed by atoms with Gasteiger partial charge in [-0.1, -0.05) is 17.7 Å². The van der Waals surface area contributed by atoms with Crippen LogP contribution >= 0.6 is 11.6 Å². The largest absolute Gasteiger partial charge is 0.507 e. The molecule has 0 unspecified atom stereocenters. The molecular weight excluding hydrogens is 188 g/mol. The van der Waals surface area contributed by atoms with Crippen LogP contribution in [0.2, 0.25) is 5.02 Å². The zero-order valence-electron chi connectivity index (χ0n) is 6.66. The fourth-order valence-electron chi connectivity index (χ4n) is 1.15. The molecule has 0 bridgehead atoms. The molecular formula is C9H7ClN2O. The lowest BCUT2D eigenvalue weighted by Gasteiger charge is -2.02. The molecule has 1 aromatic carbocycles. The number of imidazole rings is 1. The topological polar surface area (TPSA) is 48.9 Å². The molecule has 0 aliphatic heterocycles. The number of nitrogens with zero attached hydrogens (tertiary/aromatic N) is 1. The van der Waals surface area contributed by atoms with Gasteiger partial charge >= 0.3 is 0 Å². The Morgan fingerprint density at radius 1 is 1.38 bits per heavy atom. The third kappa shape index (κ3) is 1.38. The monoisotopic (exact) mass is 194 g/mol. The lowest BCUT2D eigenvalue weighted by atomic mass is 10.2. The van der Waals surface area contributed by atoms with Crippen LogP contribution < -0.4 is 0 Å². The van der Waals surface area contributed by atoms with Gasteiger partial charge in [-0.3, -0.25) is 0 Å². The van der Waals surface area contributed by atoms with E-state index in [4.69, 9.17) is 11.6 Å². The van der Waals surface area contributed by atoms with Crippen LogP contribution in [0.25, 0.3) is 11.4 Å². The van der Waals surface area contributed by atoms with E-state index in [9.17, 15) is 5.11 Å². The van der Waals surface area contributed by atoms with E-state index in [2.05, 4.69) is 9.97 Å². The van der Waals surface area contributed by atoms with Gasteiger partial charge in [0.05, 0.1) is 10.6 Å². The molecule has 0 spiro atoms. The summed E-state index contributed by atoms with van der Waals surface area (Å²) < 4.78 is 0. The molecule has 0 aliphatic carbocycles. The summed E-state index contributed by atoms with van der Waals surface area (Å²) in [6.45, 7) is 0. The molecule has 0 atom stereocenters. The summed E-state index contributed by atoms with van der Waals surface area (Å²) >= 11 is 5.90. The van der Waals surface area contributed by atoms with Gasteiger partial charge < -0.3 is 10.1 Å². The van der Waals surface area contributed by atoms with E-state index < -0.39 is 0 Å². The molecule has 0 amide bonds. The molecule has 0 aliphatic rings. The molecule has 3 nitrogen and oxygen atoms in total. The Kier molecular flexibility index (Phi) is 1.94. The number of hydrogen-bond acceptors (Lipinski definition) is 2. The second-order valence-electron chi connectivity index (χ2n) is 2.57. The quantitative estimate of drug-likeness (QED) is 0.733. The Morgan fingerprint density at radius 3 is 2.85 bits per heavy atom. The second-order valence-corrected chi connectivity index (χ2v) is 2.98. The lowest BCUT2D eigenvalue weighted by molar-refractivity contribution is 0.477. The highest BCUT2D eigenvalue weighted by Crippen LogP contribution is 2.32. The maximum absolute atomic E-state index is 9.52. The van der Waals surface area contributed by atoms with Gasteiger partial charge in [0.2, 0.25) is 0 Å². The minimum absolute atomic E-state index is 0.127. The summed E-state index contributed by atoms with van der Waals surface area (Å²) in [7, 11) is 0. The predicted octanol–water partition coefficient (Wildman–Crippen LogP) is 2.44. The Hall–Kier alpha value is -1.48. The normalized spacial score (nSPS) is 10.2. The summed E-state index contributed by atoms with van der Waals surface area (Å²) in [6, 6.07) is 4.97. The number of H-pyrrole nitrogens is 1. The minimum Gasteiger partial charge on any atom is -0.507 e. The summed E-state index contributed by atoms with van der Waals surface area (Å²) in [4.78, 5) is 6.89. The molecule has 0 radical (unpaired) electrons. The van der Waals surface area contributed by atoms with E-state index >= 15 is 0 Å². The van der Waals surface area contributed by atoms with Gasteiger partial charge in [-0.2, -0.15) is 0 Å². The van der Waals surface area contributed by atoms with E-state index in [1.54, 1.807) is 30.6 Å². The van der Waals surface area contributed by atoms with Crippen LogP contribution in [-0.4, -0.2) is 15.1 Å². The molecule has 1 aromatic heterocycles. The third-order valence-corrected chi connectivity index (χ3v) is 2.04. The van der Waals surface area contributed by atoms with Crippen molar-refractivity contribution in [1.82, 2.24) is 9.97 Å². The highest BCUT2D eigenvalue weighted by atomic mass is 35.5. The maximum atomic E-state index is 9.52. The smallest absolute Gasteiger partial charge is 0.142 e. The Morgan fingerprint density at radius 2 is 2.23 bits per heavy atom. The average molecular weight is 195 g/mol. The van der Waals surface area contributed by atoms with Crippen molar-refractivity contribution < 1.29 is 5.11 Å². The van der Waals surface area contributed by atoms with E-state index in [-0.39, 0.29) is 5.75 Å². The van der Waals surface area contributed by atoms with Crippen LogP contribution in [0.4, 0.5) is 0 Å². The SMILES string of the molecule is Oc1cccc(Cl)c1-c1ncc[nH]1. The van der Waals surface area contributed by atoms with Crippen molar-refractivity contribution in [3.05, 3.63) is 35.6 Å². The Labute approximate surface area is 80.0 Å². The van der Waals surface area contributed by atoms with Crippen molar-refractivity contribution in [1.29, 1.82) is 0 Å². The van der Waals surface area contributed by atoms with E-state index in [1.165, 1.54) is 0 Å². The molecule has 2 N–H and O–H groups in total. The van der Waals surface area contributed by atoms with Gasteiger partial charge in [-0.05, 0) is 12.1 Å². The highest BCUT2D eigenvalue weighted by molar-refractivity contribution is 6.33. The molecule has 0 saturated carbocycles. The van der Waals surface area contributed by atoms with Crippen molar-refractivity contribution in [3.8, 4) is 17.1 Å². The Balaban J connectivity index is 2.64. The predicted molar refractivity (Wildman–Crippen MR) is 50.7 cm³/mol. The molecule has 2 aromatic rings. The summed E-state index contributed by atoms with van der Waals surface area (Å²) in [5.74, 6) is 0.700. The molecule has 2 rings (SSSR count). The fraction of sp³-hybridized carbons (Fsp3) is 0. The minimum atomic E-state index is 0.127. The zero-order chi connectivity index (χ0) is 9.26. The van der Waals surface area contributed by atoms with Gasteiger partial charge in [0, 0.05) is 12.4 Å². The molecule has 13 heavy (non-hydrogen) atoms. The maximum Gasteiger partial charge on any atom is 0.142 e. The number of aromatic amines is 1. The summed E-state index contributed by atoms with van der Waals surface area (Å²) in [6.07, 6.45) is 3.29. The highest BCUT2D eigenvalue weighted by Gasteiger charge is 2.09. The number of benzene rings is 1. The van der Waals surface area contributed by atoms with Crippen molar-refractivity contribution >= 4 is 11.6 Å². The molecule has 0 fully saturated rings. The van der Waals surface area contributed by atoms with E-state index in [0.29, 0.717) is 16.4 Å². The van der Waals surface area contributed by atoms with Crippen LogP contribution in [0.3, 0.4) is 0 Å². The first-order valence-electron chi connectivity index (χ1n) is 3.76. The fourth-order valence-corrected chi connectivity index (χ4v) is 1.41. The Bertz CT molecular complexity index is 391. The van der Waals surface area contributed by atoms with Crippen LogP contribution in [0.5, 0.6) is 5.75 Å². The average Bonchev–Trinajstić information content (AvgIpc) is 2.57. The van der Waals surface area contributed by atoms with Gasteiger partial charge in [-0.15, -0.1) is 0 Å². The zero-order valence-corrected chi connectivity index (χ0v) is 7.42. The summed E-state index contributed by atoms with van der Waals surface area (Å²) in [5, 5.41) is 10.0. The number of halogens is 1. The molecule has 66 valence electrons. The van der Waals surface area contributed by atoms with Crippen LogP contribution in [0.1, 0.15) is 0 Å². The number of hydrogen-bond donors (Lipinski definition) is 2. The van der Waals surface area contributed by atoms with Crippen LogP contribution in [-0.2, 0) is 0 Å². The van der Waals surface area contributed by atoms with Crippen molar-refractivity contribution in [2.75, 3.05) is 0 Å². The van der Waals surface area contributed by atoms with E-state index in [1.807, 2.05) is 0 Å². The van der Waals surface area contributed by atoms with Crippen LogP contribution in [0.15, 0.2) is 30.6 Å². The third-order valence-electron chi connectivity index (χ3n) is 1.73. The number of rotatable bonds is 1. The number of aromatic hydroxyl groups is 1. The molecule has 1 heterocycles. The summed E-state index contributed by atoms with van der Waals surface area (Å²) in [5.41, 5.74) is 0.536. The van der Waals surface area contributed by atoms with Gasteiger partial charge in [0.15, 0.2) is 0 Å². The van der Waals surface area contributed by atoms with Gasteiger partial charge in [0.1, 0.15) is 11.6 Å². The van der Waals surface area contributed by atoms with Crippen LogP contribution in [0, 0.1) is 0 Å². The number of phenolic OH excluding ortho intramolecular Hbond substituents is 1.